The molecule has 0 saturated carbocycles. The van der Waals surface area contributed by atoms with Gasteiger partial charge in [-0.1, -0.05) is 20.8 Å². The van der Waals surface area contributed by atoms with Crippen molar-refractivity contribution in [1.82, 2.24) is 15.0 Å². The van der Waals surface area contributed by atoms with Crippen LogP contribution in [0.4, 0.5) is 0 Å². The SMILES string of the molecule is CCc1c(C#N)[nH]c(C(c2[nH]c(C#N)c(CC)c2C)c2[nH]c(C#N)c(CC)c2C)c1C. The van der Waals surface area contributed by atoms with Gasteiger partial charge in [-0.25, -0.2) is 0 Å². The maximum atomic E-state index is 9.69. The van der Waals surface area contributed by atoms with Crippen molar-refractivity contribution >= 4 is 0 Å². The van der Waals surface area contributed by atoms with E-state index in [1.807, 2.05) is 41.5 Å². The lowest BCUT2D eigenvalue weighted by atomic mass is 9.88. The van der Waals surface area contributed by atoms with Gasteiger partial charge in [-0.15, -0.1) is 0 Å². The first-order valence-electron chi connectivity index (χ1n) is 10.7. The molecule has 0 saturated heterocycles. The summed E-state index contributed by atoms with van der Waals surface area (Å²) in [5.74, 6) is -0.271. The van der Waals surface area contributed by atoms with Crippen LogP contribution in [0.15, 0.2) is 0 Å². The Bertz CT molecular complexity index is 1100. The lowest BCUT2D eigenvalue weighted by Crippen LogP contribution is -2.10. The lowest BCUT2D eigenvalue weighted by Gasteiger charge is -2.18. The highest BCUT2D eigenvalue weighted by atomic mass is 14.8. The second-order valence-corrected chi connectivity index (χ2v) is 7.88. The quantitative estimate of drug-likeness (QED) is 0.524. The molecule has 0 unspecified atom stereocenters. The summed E-state index contributed by atoms with van der Waals surface area (Å²) in [7, 11) is 0. The third-order valence-corrected chi connectivity index (χ3v) is 6.52. The van der Waals surface area contributed by atoms with E-state index in [4.69, 9.17) is 0 Å². The number of nitriles is 3. The predicted octanol–water partition coefficient (Wildman–Crippen LogP) is 5.08. The molecule has 31 heavy (non-hydrogen) atoms. The fraction of sp³-hybridized carbons (Fsp3) is 0.400. The molecule has 0 aliphatic carbocycles. The van der Waals surface area contributed by atoms with Crippen LogP contribution in [0.1, 0.15) is 94.2 Å². The molecule has 6 heteroatoms. The van der Waals surface area contributed by atoms with Crippen LogP contribution in [0.3, 0.4) is 0 Å². The van der Waals surface area contributed by atoms with Gasteiger partial charge in [0.15, 0.2) is 0 Å². The molecule has 0 bridgehead atoms. The number of aromatic nitrogens is 3. The third kappa shape index (κ3) is 3.33. The van der Waals surface area contributed by atoms with Crippen LogP contribution in [0, 0.1) is 54.8 Å². The standard InChI is InChI=1S/C25H28N6/c1-7-16-13(4)23(29-19(16)10-26)22(24-14(5)17(8-2)20(11-27)30-24)25-15(6)18(9-3)21(12-28)31-25/h22,29-31H,7-9H2,1-6H3. The molecule has 3 heterocycles. The van der Waals surface area contributed by atoms with Gasteiger partial charge >= 0.3 is 0 Å². The molecule has 0 aliphatic rings. The van der Waals surface area contributed by atoms with Gasteiger partial charge in [0.2, 0.25) is 0 Å². The van der Waals surface area contributed by atoms with E-state index in [0.29, 0.717) is 17.1 Å². The van der Waals surface area contributed by atoms with Crippen molar-refractivity contribution in [3.8, 4) is 18.2 Å². The van der Waals surface area contributed by atoms with Crippen molar-refractivity contribution in [2.75, 3.05) is 0 Å². The molecular weight excluding hydrogens is 384 g/mol. The highest BCUT2D eigenvalue weighted by Gasteiger charge is 2.31. The van der Waals surface area contributed by atoms with E-state index in [-0.39, 0.29) is 5.92 Å². The monoisotopic (exact) mass is 412 g/mol. The Morgan fingerprint density at radius 3 is 1.00 bits per heavy atom. The molecule has 0 spiro atoms. The van der Waals surface area contributed by atoms with Gasteiger partial charge in [0.25, 0.3) is 0 Å². The molecular formula is C25H28N6. The van der Waals surface area contributed by atoms with E-state index in [9.17, 15) is 15.8 Å². The number of hydrogen-bond acceptors (Lipinski definition) is 3. The van der Waals surface area contributed by atoms with Crippen molar-refractivity contribution in [3.63, 3.8) is 0 Å². The summed E-state index contributed by atoms with van der Waals surface area (Å²) in [4.78, 5) is 10.1. The van der Waals surface area contributed by atoms with Crippen LogP contribution in [0.5, 0.6) is 0 Å². The summed E-state index contributed by atoms with van der Waals surface area (Å²) in [6.45, 7) is 12.2. The zero-order valence-corrected chi connectivity index (χ0v) is 19.0. The van der Waals surface area contributed by atoms with Crippen LogP contribution in [0.2, 0.25) is 0 Å². The fourth-order valence-corrected chi connectivity index (χ4v) is 4.87. The van der Waals surface area contributed by atoms with Gasteiger partial charge < -0.3 is 15.0 Å². The van der Waals surface area contributed by atoms with E-state index in [0.717, 1.165) is 69.7 Å². The lowest BCUT2D eigenvalue weighted by molar-refractivity contribution is 0.838. The first kappa shape index (κ1) is 22.0. The van der Waals surface area contributed by atoms with Crippen molar-refractivity contribution < 1.29 is 0 Å². The Hall–Kier alpha value is -3.69. The second-order valence-electron chi connectivity index (χ2n) is 7.88. The summed E-state index contributed by atoms with van der Waals surface area (Å²) >= 11 is 0. The van der Waals surface area contributed by atoms with Gasteiger partial charge in [-0.3, -0.25) is 0 Å². The maximum Gasteiger partial charge on any atom is 0.121 e. The van der Waals surface area contributed by atoms with E-state index < -0.39 is 0 Å². The molecule has 3 rings (SSSR count). The molecule has 3 aromatic rings. The van der Waals surface area contributed by atoms with Crippen LogP contribution in [-0.4, -0.2) is 15.0 Å². The third-order valence-electron chi connectivity index (χ3n) is 6.52. The summed E-state index contributed by atoms with van der Waals surface area (Å²) in [5, 5.41) is 29.1. The van der Waals surface area contributed by atoms with Crippen molar-refractivity contribution in [3.05, 3.63) is 67.5 Å². The molecule has 0 atom stereocenters. The van der Waals surface area contributed by atoms with Crippen molar-refractivity contribution in [2.24, 2.45) is 0 Å². The normalized spacial score (nSPS) is 10.8. The Morgan fingerprint density at radius 2 is 0.839 bits per heavy atom. The minimum absolute atomic E-state index is 0.271. The number of hydrogen-bond donors (Lipinski definition) is 3. The molecule has 3 aromatic heterocycles. The van der Waals surface area contributed by atoms with Gasteiger partial charge in [0, 0.05) is 17.1 Å². The van der Waals surface area contributed by atoms with E-state index in [1.165, 1.54) is 0 Å². The Balaban J connectivity index is 2.41. The minimum Gasteiger partial charge on any atom is -0.349 e. The number of nitrogens with zero attached hydrogens (tertiary/aromatic N) is 3. The summed E-state index contributed by atoms with van der Waals surface area (Å²) in [6.07, 6.45) is 2.25. The highest BCUT2D eigenvalue weighted by molar-refractivity contribution is 5.56. The number of nitrogens with one attached hydrogen (secondary N) is 3. The van der Waals surface area contributed by atoms with E-state index in [1.54, 1.807) is 0 Å². The van der Waals surface area contributed by atoms with Gasteiger partial charge in [0.05, 0.1) is 5.92 Å². The molecule has 0 aliphatic heterocycles. The van der Waals surface area contributed by atoms with Crippen LogP contribution in [0.25, 0.3) is 0 Å². The second kappa shape index (κ2) is 8.58. The number of aromatic amines is 3. The average Bonchev–Trinajstić information content (AvgIpc) is 3.39. The van der Waals surface area contributed by atoms with Crippen LogP contribution < -0.4 is 0 Å². The molecule has 6 nitrogen and oxygen atoms in total. The first-order chi connectivity index (χ1) is 14.9. The first-order valence-corrected chi connectivity index (χ1v) is 10.7. The van der Waals surface area contributed by atoms with Crippen LogP contribution in [-0.2, 0) is 19.3 Å². The zero-order valence-electron chi connectivity index (χ0n) is 19.0. The van der Waals surface area contributed by atoms with Gasteiger partial charge in [-0.05, 0) is 73.4 Å². The molecule has 0 aromatic carbocycles. The zero-order chi connectivity index (χ0) is 22.9. The smallest absolute Gasteiger partial charge is 0.121 e. The highest BCUT2D eigenvalue weighted by Crippen LogP contribution is 2.40. The summed E-state index contributed by atoms with van der Waals surface area (Å²) in [5.41, 5.74) is 10.6. The molecule has 0 amide bonds. The van der Waals surface area contributed by atoms with E-state index >= 15 is 0 Å². The molecule has 0 fully saturated rings. The summed E-state index contributed by atoms with van der Waals surface area (Å²) in [6, 6.07) is 6.88. The van der Waals surface area contributed by atoms with Crippen molar-refractivity contribution in [2.45, 2.75) is 66.7 Å². The largest absolute Gasteiger partial charge is 0.349 e. The number of H-pyrrole nitrogens is 3. The molecule has 158 valence electrons. The fourth-order valence-electron chi connectivity index (χ4n) is 4.87. The maximum absolute atomic E-state index is 9.69. The summed E-state index contributed by atoms with van der Waals surface area (Å²) < 4.78 is 0. The Labute approximate surface area is 183 Å². The van der Waals surface area contributed by atoms with Crippen molar-refractivity contribution in [1.29, 1.82) is 15.8 Å². The van der Waals surface area contributed by atoms with Crippen LogP contribution >= 0.6 is 0 Å². The predicted molar refractivity (Wildman–Crippen MR) is 120 cm³/mol. The minimum atomic E-state index is -0.271. The molecule has 3 N–H and O–H groups in total. The number of rotatable bonds is 6. The van der Waals surface area contributed by atoms with E-state index in [2.05, 4.69) is 33.2 Å². The Morgan fingerprint density at radius 1 is 0.581 bits per heavy atom. The molecule has 0 radical (unpaired) electrons. The van der Waals surface area contributed by atoms with Gasteiger partial charge in [0.1, 0.15) is 35.3 Å². The van der Waals surface area contributed by atoms with Gasteiger partial charge in [-0.2, -0.15) is 15.8 Å². The average molecular weight is 413 g/mol. The topological polar surface area (TPSA) is 119 Å². The Kier molecular flexibility index (Phi) is 6.09.